The maximum atomic E-state index is 6.23. The van der Waals surface area contributed by atoms with Gasteiger partial charge in [-0.3, -0.25) is 0 Å². The van der Waals surface area contributed by atoms with Gasteiger partial charge in [-0.15, -0.1) is 0 Å². The lowest BCUT2D eigenvalue weighted by molar-refractivity contribution is 0.0555. The van der Waals surface area contributed by atoms with Crippen LogP contribution in [-0.4, -0.2) is 38.3 Å². The van der Waals surface area contributed by atoms with E-state index < -0.39 is 0 Å². The molecule has 1 fully saturated rings. The van der Waals surface area contributed by atoms with Gasteiger partial charge in [-0.2, -0.15) is 0 Å². The van der Waals surface area contributed by atoms with Gasteiger partial charge < -0.3 is 15.4 Å². The molecule has 0 aliphatic carbocycles. The lowest BCUT2D eigenvalue weighted by Crippen LogP contribution is -2.30. The van der Waals surface area contributed by atoms with Gasteiger partial charge in [-0.05, 0) is 50.8 Å². The highest BCUT2D eigenvalue weighted by Gasteiger charge is 2.15. The van der Waals surface area contributed by atoms with E-state index in [1.807, 2.05) is 6.07 Å². The summed E-state index contributed by atoms with van der Waals surface area (Å²) in [4.78, 5) is 2.45. The predicted molar refractivity (Wildman–Crippen MR) is 83.6 cm³/mol. The molecule has 1 aliphatic rings. The molecule has 1 aliphatic heterocycles. The maximum absolute atomic E-state index is 6.23. The van der Waals surface area contributed by atoms with E-state index in [2.05, 4.69) is 36.2 Å². The van der Waals surface area contributed by atoms with E-state index in [0.717, 1.165) is 38.5 Å². The van der Waals surface area contributed by atoms with E-state index in [9.17, 15) is 0 Å². The Labute approximate surface area is 123 Å². The van der Waals surface area contributed by atoms with Gasteiger partial charge in [0.2, 0.25) is 0 Å². The Morgan fingerprint density at radius 3 is 2.65 bits per heavy atom. The predicted octanol–water partition coefficient (Wildman–Crippen LogP) is 2.83. The molecule has 1 heterocycles. The highest BCUT2D eigenvalue weighted by Crippen LogP contribution is 2.17. The summed E-state index contributed by atoms with van der Waals surface area (Å²) in [6.07, 6.45) is 4.65. The van der Waals surface area contributed by atoms with Crippen LogP contribution in [0, 0.1) is 5.92 Å². The second-order valence-electron chi connectivity index (χ2n) is 5.98. The average Bonchev–Trinajstić information content (AvgIpc) is 2.49. The molecule has 112 valence electrons. The van der Waals surface area contributed by atoms with Crippen LogP contribution < -0.4 is 5.73 Å². The van der Waals surface area contributed by atoms with Crippen LogP contribution in [0.4, 0.5) is 0 Å². The number of benzene rings is 1. The molecule has 1 aromatic carbocycles. The summed E-state index contributed by atoms with van der Waals surface area (Å²) >= 11 is 0. The smallest absolute Gasteiger partial charge is 0.0469 e. The molecule has 3 nitrogen and oxygen atoms in total. The van der Waals surface area contributed by atoms with Crippen molar-refractivity contribution >= 4 is 0 Å². The van der Waals surface area contributed by atoms with Crippen molar-refractivity contribution in [1.29, 1.82) is 0 Å². The van der Waals surface area contributed by atoms with Crippen LogP contribution in [0.3, 0.4) is 0 Å². The Morgan fingerprint density at radius 1 is 1.25 bits per heavy atom. The molecule has 3 heteroatoms. The molecule has 0 radical (unpaired) electrons. The van der Waals surface area contributed by atoms with E-state index in [0.29, 0.717) is 0 Å². The Morgan fingerprint density at radius 2 is 1.95 bits per heavy atom. The minimum atomic E-state index is 0.174. The number of hydrogen-bond acceptors (Lipinski definition) is 3. The third-order valence-electron chi connectivity index (χ3n) is 4.19. The van der Waals surface area contributed by atoms with Crippen LogP contribution in [0.15, 0.2) is 30.3 Å². The van der Waals surface area contributed by atoms with Gasteiger partial charge >= 0.3 is 0 Å². The van der Waals surface area contributed by atoms with Gasteiger partial charge in [0, 0.05) is 25.8 Å². The third-order valence-corrected chi connectivity index (χ3v) is 4.19. The Kier molecular flexibility index (Phi) is 6.51. The van der Waals surface area contributed by atoms with Crippen molar-refractivity contribution in [2.45, 2.75) is 31.7 Å². The van der Waals surface area contributed by atoms with Crippen LogP contribution in [0.1, 0.15) is 37.3 Å². The molecule has 0 amide bonds. The Balaban J connectivity index is 1.62. The summed E-state index contributed by atoms with van der Waals surface area (Å²) in [7, 11) is 2.23. The van der Waals surface area contributed by atoms with E-state index >= 15 is 0 Å². The van der Waals surface area contributed by atoms with E-state index in [-0.39, 0.29) is 6.04 Å². The fourth-order valence-corrected chi connectivity index (χ4v) is 2.91. The zero-order valence-electron chi connectivity index (χ0n) is 12.6. The number of rotatable bonds is 7. The molecular formula is C17H28N2O. The lowest BCUT2D eigenvalue weighted by atomic mass is 9.99. The van der Waals surface area contributed by atoms with E-state index in [1.165, 1.54) is 24.9 Å². The van der Waals surface area contributed by atoms with Gasteiger partial charge in [0.25, 0.3) is 0 Å². The zero-order chi connectivity index (χ0) is 14.2. The normalized spacial score (nSPS) is 18.4. The highest BCUT2D eigenvalue weighted by molar-refractivity contribution is 5.18. The molecule has 20 heavy (non-hydrogen) atoms. The summed E-state index contributed by atoms with van der Waals surface area (Å²) in [5.74, 6) is 0.816. The summed E-state index contributed by atoms with van der Waals surface area (Å²) in [5, 5.41) is 0. The van der Waals surface area contributed by atoms with Gasteiger partial charge in [0.15, 0.2) is 0 Å². The van der Waals surface area contributed by atoms with Crippen molar-refractivity contribution < 1.29 is 4.74 Å². The number of nitrogens with zero attached hydrogens (tertiary/aromatic N) is 1. The molecule has 0 saturated carbocycles. The van der Waals surface area contributed by atoms with Crippen LogP contribution in [-0.2, 0) is 4.74 Å². The molecule has 1 unspecified atom stereocenters. The number of ether oxygens (including phenoxy) is 1. The third kappa shape index (κ3) is 5.23. The number of hydrogen-bond donors (Lipinski definition) is 1. The summed E-state index contributed by atoms with van der Waals surface area (Å²) < 4.78 is 5.41. The van der Waals surface area contributed by atoms with Crippen molar-refractivity contribution in [2.24, 2.45) is 11.7 Å². The molecule has 1 atom stereocenters. The minimum absolute atomic E-state index is 0.174. The first-order valence-electron chi connectivity index (χ1n) is 7.82. The van der Waals surface area contributed by atoms with Crippen LogP contribution >= 0.6 is 0 Å². The Hall–Kier alpha value is -0.900. The van der Waals surface area contributed by atoms with Crippen molar-refractivity contribution in [2.75, 3.05) is 33.4 Å². The van der Waals surface area contributed by atoms with Crippen molar-refractivity contribution in [3.63, 3.8) is 0 Å². The topological polar surface area (TPSA) is 38.5 Å². The quantitative estimate of drug-likeness (QED) is 0.832. The van der Waals surface area contributed by atoms with Gasteiger partial charge in [-0.1, -0.05) is 30.3 Å². The zero-order valence-corrected chi connectivity index (χ0v) is 12.6. The molecule has 0 aromatic heterocycles. The van der Waals surface area contributed by atoms with Crippen LogP contribution in [0.25, 0.3) is 0 Å². The monoisotopic (exact) mass is 276 g/mol. The van der Waals surface area contributed by atoms with E-state index in [4.69, 9.17) is 10.5 Å². The van der Waals surface area contributed by atoms with Crippen LogP contribution in [0.5, 0.6) is 0 Å². The summed E-state index contributed by atoms with van der Waals surface area (Å²) in [5.41, 5.74) is 7.48. The minimum Gasteiger partial charge on any atom is -0.381 e. The number of nitrogens with two attached hydrogens (primary N) is 1. The van der Waals surface area contributed by atoms with Crippen molar-refractivity contribution in [3.8, 4) is 0 Å². The van der Waals surface area contributed by atoms with Crippen LogP contribution in [0.2, 0.25) is 0 Å². The van der Waals surface area contributed by atoms with E-state index in [1.54, 1.807) is 0 Å². The molecule has 2 rings (SSSR count). The first-order valence-corrected chi connectivity index (χ1v) is 7.82. The lowest BCUT2D eigenvalue weighted by Gasteiger charge is -2.27. The van der Waals surface area contributed by atoms with Gasteiger partial charge in [0.1, 0.15) is 0 Å². The fraction of sp³-hybridized carbons (Fsp3) is 0.647. The second-order valence-corrected chi connectivity index (χ2v) is 5.98. The summed E-state index contributed by atoms with van der Waals surface area (Å²) in [6.45, 7) is 4.22. The molecular weight excluding hydrogens is 248 g/mol. The standard InChI is InChI=1S/C17H28N2O/c1-19(14-15-9-12-20-13-10-15)11-5-8-17(18)16-6-3-2-4-7-16/h2-4,6-7,15,17H,5,8-14,18H2,1H3. The largest absolute Gasteiger partial charge is 0.381 e. The van der Waals surface area contributed by atoms with Gasteiger partial charge in [-0.25, -0.2) is 0 Å². The highest BCUT2D eigenvalue weighted by atomic mass is 16.5. The first kappa shape index (κ1) is 15.5. The summed E-state index contributed by atoms with van der Waals surface area (Å²) in [6, 6.07) is 10.6. The Bertz CT molecular complexity index is 363. The van der Waals surface area contributed by atoms with Crippen molar-refractivity contribution in [1.82, 2.24) is 4.90 Å². The maximum Gasteiger partial charge on any atom is 0.0469 e. The second kappa shape index (κ2) is 8.40. The van der Waals surface area contributed by atoms with Gasteiger partial charge in [0.05, 0.1) is 0 Å². The van der Waals surface area contributed by atoms with Crippen molar-refractivity contribution in [3.05, 3.63) is 35.9 Å². The first-order chi connectivity index (χ1) is 9.75. The molecule has 0 spiro atoms. The molecule has 2 N–H and O–H groups in total. The molecule has 1 saturated heterocycles. The average molecular weight is 276 g/mol. The SMILES string of the molecule is CN(CCCC(N)c1ccccc1)CC1CCOCC1. The molecule has 1 aromatic rings. The fourth-order valence-electron chi connectivity index (χ4n) is 2.91. The molecule has 0 bridgehead atoms.